The molecule has 0 rings (SSSR count). The number of carbonyl (C=O) groups is 3. The van der Waals surface area contributed by atoms with Gasteiger partial charge in [-0.15, -0.1) is 0 Å². The zero-order valence-corrected chi connectivity index (χ0v) is 47.7. The molecule has 0 radical (unpaired) electrons. The lowest BCUT2D eigenvalue weighted by Crippen LogP contribution is -2.30. The first-order valence-electron chi connectivity index (χ1n) is 30.9. The van der Waals surface area contributed by atoms with Crippen LogP contribution in [0.25, 0.3) is 0 Å². The van der Waals surface area contributed by atoms with Gasteiger partial charge in [0.05, 0.1) is 0 Å². The predicted octanol–water partition coefficient (Wildman–Crippen LogP) is 20.9. The van der Waals surface area contributed by atoms with Crippen molar-refractivity contribution in [3.05, 3.63) is 72.9 Å². The van der Waals surface area contributed by atoms with Crippen molar-refractivity contribution in [1.29, 1.82) is 0 Å². The minimum Gasteiger partial charge on any atom is -0.462 e. The van der Waals surface area contributed by atoms with Crippen LogP contribution in [0, 0.1) is 0 Å². The molecule has 0 saturated heterocycles. The van der Waals surface area contributed by atoms with E-state index >= 15 is 0 Å². The molecular formula is C66H116O6. The summed E-state index contributed by atoms with van der Waals surface area (Å²) in [7, 11) is 0. The molecule has 0 aliphatic carbocycles. The highest BCUT2D eigenvalue weighted by Crippen LogP contribution is 2.16. The Morgan fingerprint density at radius 1 is 0.292 bits per heavy atom. The number of esters is 3. The molecule has 0 aromatic rings. The van der Waals surface area contributed by atoms with Gasteiger partial charge in [-0.1, -0.05) is 273 Å². The van der Waals surface area contributed by atoms with Gasteiger partial charge in [0.1, 0.15) is 13.2 Å². The Morgan fingerprint density at radius 3 is 0.847 bits per heavy atom. The molecule has 0 bridgehead atoms. The van der Waals surface area contributed by atoms with Crippen LogP contribution in [0.3, 0.4) is 0 Å². The molecule has 0 heterocycles. The van der Waals surface area contributed by atoms with E-state index in [-0.39, 0.29) is 31.1 Å². The minimum absolute atomic E-state index is 0.0788. The standard InChI is InChI=1S/C66H116O6/c1-4-7-10-13-16-19-22-24-26-28-30-31-32-33-34-35-37-38-40-42-44-47-50-53-56-59-65(68)71-62-63(61-70-64(67)58-55-52-49-46-21-18-15-12-9-6-3)72-66(69)60-57-54-51-48-45-43-41-39-36-29-27-25-23-20-17-14-11-8-5-2/h8,11,17,20,22,24-25,27-28,30,36,39,63H,4-7,9-10,12-16,18-19,21,23,26,29,31-35,37-38,40-62H2,1-3H3/b11-8-,20-17-,24-22-,27-25-,30-28-,39-36-. The fraction of sp³-hybridized carbons (Fsp3) is 0.773. The normalized spacial score (nSPS) is 12.5. The Labute approximate surface area is 446 Å². The van der Waals surface area contributed by atoms with E-state index in [4.69, 9.17) is 14.2 Å². The number of hydrogen-bond donors (Lipinski definition) is 0. The molecule has 0 aromatic heterocycles. The summed E-state index contributed by atoms with van der Waals surface area (Å²) in [5.74, 6) is -0.883. The largest absolute Gasteiger partial charge is 0.462 e. The fourth-order valence-corrected chi connectivity index (χ4v) is 8.82. The Morgan fingerprint density at radius 2 is 0.542 bits per heavy atom. The molecule has 416 valence electrons. The van der Waals surface area contributed by atoms with E-state index in [1.807, 2.05) is 0 Å². The monoisotopic (exact) mass is 1000 g/mol. The minimum atomic E-state index is -0.781. The Bertz CT molecular complexity index is 1340. The first-order chi connectivity index (χ1) is 35.5. The van der Waals surface area contributed by atoms with Crippen LogP contribution in [0.2, 0.25) is 0 Å². The number of hydrogen-bond acceptors (Lipinski definition) is 6. The van der Waals surface area contributed by atoms with E-state index in [0.29, 0.717) is 19.3 Å². The zero-order valence-electron chi connectivity index (χ0n) is 47.7. The van der Waals surface area contributed by atoms with Gasteiger partial charge in [-0.25, -0.2) is 0 Å². The van der Waals surface area contributed by atoms with Crippen LogP contribution in [-0.4, -0.2) is 37.2 Å². The number of allylic oxidation sites excluding steroid dienone is 12. The summed E-state index contributed by atoms with van der Waals surface area (Å²) in [6.07, 6.45) is 77.7. The molecule has 0 amide bonds. The maximum Gasteiger partial charge on any atom is 0.306 e. The van der Waals surface area contributed by atoms with Crippen molar-refractivity contribution in [2.45, 2.75) is 316 Å². The molecule has 0 aromatic carbocycles. The average Bonchev–Trinajstić information content (AvgIpc) is 3.38. The van der Waals surface area contributed by atoms with Crippen LogP contribution in [0.1, 0.15) is 310 Å². The molecule has 0 saturated carbocycles. The fourth-order valence-electron chi connectivity index (χ4n) is 8.82. The summed E-state index contributed by atoms with van der Waals surface area (Å²) in [6, 6.07) is 0. The third-order valence-corrected chi connectivity index (χ3v) is 13.4. The molecule has 72 heavy (non-hydrogen) atoms. The van der Waals surface area contributed by atoms with Gasteiger partial charge in [-0.05, 0) is 89.9 Å². The summed E-state index contributed by atoms with van der Waals surface area (Å²) in [5, 5.41) is 0. The molecule has 0 aliphatic heterocycles. The molecular weight excluding hydrogens is 889 g/mol. The topological polar surface area (TPSA) is 78.9 Å². The number of rotatable bonds is 56. The maximum absolute atomic E-state index is 12.9. The van der Waals surface area contributed by atoms with Crippen molar-refractivity contribution in [3.63, 3.8) is 0 Å². The van der Waals surface area contributed by atoms with Crippen molar-refractivity contribution in [2.24, 2.45) is 0 Å². The maximum atomic E-state index is 12.9. The summed E-state index contributed by atoms with van der Waals surface area (Å²) in [4.78, 5) is 38.2. The molecule has 1 atom stereocenters. The molecule has 0 fully saturated rings. The van der Waals surface area contributed by atoms with Crippen molar-refractivity contribution in [1.82, 2.24) is 0 Å². The van der Waals surface area contributed by atoms with E-state index in [2.05, 4.69) is 93.7 Å². The molecule has 6 heteroatoms. The van der Waals surface area contributed by atoms with Gasteiger partial charge in [0.25, 0.3) is 0 Å². The highest BCUT2D eigenvalue weighted by atomic mass is 16.6. The van der Waals surface area contributed by atoms with Crippen molar-refractivity contribution >= 4 is 17.9 Å². The second-order valence-corrected chi connectivity index (χ2v) is 20.6. The second kappa shape index (κ2) is 60.4. The first-order valence-corrected chi connectivity index (χ1v) is 30.9. The SMILES string of the molecule is CC/C=C\C/C=C\C/C=C\C/C=C\CCCCCCCCC(=O)OC(COC(=O)CCCCCCCCCCCC)COC(=O)CCCCCCCCCCCCCCC/C=C\C/C=C\CCCCCCC. The third kappa shape index (κ3) is 57.7. The second-order valence-electron chi connectivity index (χ2n) is 20.6. The lowest BCUT2D eigenvalue weighted by atomic mass is 10.0. The smallest absolute Gasteiger partial charge is 0.306 e. The van der Waals surface area contributed by atoms with E-state index in [9.17, 15) is 14.4 Å². The summed E-state index contributed by atoms with van der Waals surface area (Å²) in [5.41, 5.74) is 0. The van der Waals surface area contributed by atoms with Crippen molar-refractivity contribution in [2.75, 3.05) is 13.2 Å². The quantitative estimate of drug-likeness (QED) is 0.0261. The predicted molar refractivity (Wildman–Crippen MR) is 311 cm³/mol. The zero-order chi connectivity index (χ0) is 52.2. The third-order valence-electron chi connectivity index (χ3n) is 13.4. The number of ether oxygens (including phenoxy) is 3. The number of carbonyl (C=O) groups excluding carboxylic acids is 3. The van der Waals surface area contributed by atoms with E-state index < -0.39 is 6.10 Å². The van der Waals surface area contributed by atoms with Crippen molar-refractivity contribution < 1.29 is 28.6 Å². The molecule has 0 aliphatic rings. The summed E-state index contributed by atoms with van der Waals surface area (Å²) < 4.78 is 16.9. The van der Waals surface area contributed by atoms with Crippen LogP contribution >= 0.6 is 0 Å². The van der Waals surface area contributed by atoms with E-state index in [1.54, 1.807) is 0 Å². The van der Waals surface area contributed by atoms with Crippen LogP contribution in [-0.2, 0) is 28.6 Å². The summed E-state index contributed by atoms with van der Waals surface area (Å²) >= 11 is 0. The Kier molecular flexibility index (Phi) is 57.8. The molecule has 0 N–H and O–H groups in total. The Balaban J connectivity index is 4.25. The van der Waals surface area contributed by atoms with Gasteiger partial charge in [-0.2, -0.15) is 0 Å². The molecule has 1 unspecified atom stereocenters. The molecule has 6 nitrogen and oxygen atoms in total. The molecule has 0 spiro atoms. The highest BCUT2D eigenvalue weighted by molar-refractivity contribution is 5.71. The van der Waals surface area contributed by atoms with Gasteiger partial charge in [0, 0.05) is 19.3 Å². The van der Waals surface area contributed by atoms with Gasteiger partial charge < -0.3 is 14.2 Å². The van der Waals surface area contributed by atoms with E-state index in [1.165, 1.54) is 167 Å². The lowest BCUT2D eigenvalue weighted by molar-refractivity contribution is -0.167. The van der Waals surface area contributed by atoms with Gasteiger partial charge in [-0.3, -0.25) is 14.4 Å². The van der Waals surface area contributed by atoms with Crippen LogP contribution in [0.4, 0.5) is 0 Å². The number of unbranched alkanes of at least 4 members (excludes halogenated alkanes) is 33. The lowest BCUT2D eigenvalue weighted by Gasteiger charge is -2.18. The summed E-state index contributed by atoms with van der Waals surface area (Å²) in [6.45, 7) is 6.52. The highest BCUT2D eigenvalue weighted by Gasteiger charge is 2.19. The van der Waals surface area contributed by atoms with Gasteiger partial charge >= 0.3 is 17.9 Å². The van der Waals surface area contributed by atoms with Crippen molar-refractivity contribution in [3.8, 4) is 0 Å². The van der Waals surface area contributed by atoms with Gasteiger partial charge in [0.2, 0.25) is 0 Å². The average molecular weight is 1010 g/mol. The van der Waals surface area contributed by atoms with Crippen LogP contribution in [0.5, 0.6) is 0 Å². The van der Waals surface area contributed by atoms with Crippen LogP contribution < -0.4 is 0 Å². The first kappa shape index (κ1) is 68.8. The van der Waals surface area contributed by atoms with E-state index in [0.717, 1.165) is 103 Å². The van der Waals surface area contributed by atoms with Crippen LogP contribution in [0.15, 0.2) is 72.9 Å². The Hall–Kier alpha value is -3.15. The van der Waals surface area contributed by atoms with Gasteiger partial charge in [0.15, 0.2) is 6.10 Å².